The molecule has 1 unspecified atom stereocenters. The Morgan fingerprint density at radius 3 is 2.65 bits per heavy atom. The minimum Gasteiger partial charge on any atom is -0.508 e. The monoisotopic (exact) mass is 350 g/mol. The lowest BCUT2D eigenvalue weighted by Gasteiger charge is -2.26. The van der Waals surface area contributed by atoms with Crippen molar-refractivity contribution in [3.8, 4) is 23.3 Å². The molecule has 0 aromatic heterocycles. The van der Waals surface area contributed by atoms with Crippen molar-refractivity contribution in [3.63, 3.8) is 0 Å². The second-order valence-corrected chi connectivity index (χ2v) is 6.27. The number of allylic oxidation sites excluding steroid dienone is 1. The van der Waals surface area contributed by atoms with E-state index in [1.807, 2.05) is 24.3 Å². The molecule has 0 bridgehead atoms. The Bertz CT molecular complexity index is 851. The first-order valence-electron chi connectivity index (χ1n) is 8.77. The molecule has 1 heterocycles. The van der Waals surface area contributed by atoms with Gasteiger partial charge in [-0.05, 0) is 30.2 Å². The number of ether oxygens (including phenoxy) is 2. The molecule has 0 radical (unpaired) electrons. The number of rotatable bonds is 6. The maximum atomic E-state index is 9.69. The minimum absolute atomic E-state index is 0.0653. The highest BCUT2D eigenvalue weighted by molar-refractivity contribution is 5.57. The van der Waals surface area contributed by atoms with E-state index in [0.29, 0.717) is 17.9 Å². The van der Waals surface area contributed by atoms with E-state index < -0.39 is 0 Å². The molecule has 0 fully saturated rings. The Hall–Kier alpha value is -3.13. The summed E-state index contributed by atoms with van der Waals surface area (Å²) in [5.41, 5.74) is 8.01. The molecule has 0 saturated heterocycles. The van der Waals surface area contributed by atoms with Crippen molar-refractivity contribution in [1.82, 2.24) is 0 Å². The largest absolute Gasteiger partial charge is 0.508 e. The molecule has 0 spiro atoms. The van der Waals surface area contributed by atoms with E-state index in [4.69, 9.17) is 15.2 Å². The number of hydrogen-bond acceptors (Lipinski definition) is 5. The van der Waals surface area contributed by atoms with Gasteiger partial charge >= 0.3 is 0 Å². The van der Waals surface area contributed by atoms with Gasteiger partial charge in [0.15, 0.2) is 0 Å². The molecule has 26 heavy (non-hydrogen) atoms. The predicted molar refractivity (Wildman–Crippen MR) is 98.9 cm³/mol. The molecule has 0 aliphatic carbocycles. The molecule has 5 nitrogen and oxygen atoms in total. The summed E-state index contributed by atoms with van der Waals surface area (Å²) in [5, 5.41) is 19.2. The standard InChI is InChI=1S/C21H22N2O3/c1-2-3-4-11-25-16-8-5-14(6-9-16)20-17-10-7-15(24)12-19(17)26-21(23)18(20)13-22/h5-10,12,20,24H,2-4,11,23H2,1H3. The summed E-state index contributed by atoms with van der Waals surface area (Å²) >= 11 is 0. The molecule has 1 atom stereocenters. The fraction of sp³-hybridized carbons (Fsp3) is 0.286. The van der Waals surface area contributed by atoms with Crippen LogP contribution < -0.4 is 15.2 Å². The number of hydrogen-bond donors (Lipinski definition) is 2. The highest BCUT2D eigenvalue weighted by Gasteiger charge is 2.30. The van der Waals surface area contributed by atoms with Crippen LogP contribution in [0.15, 0.2) is 53.9 Å². The number of nitrogens with zero attached hydrogens (tertiary/aromatic N) is 1. The van der Waals surface area contributed by atoms with E-state index in [2.05, 4.69) is 13.0 Å². The van der Waals surface area contributed by atoms with Crippen LogP contribution in [-0.2, 0) is 0 Å². The van der Waals surface area contributed by atoms with Gasteiger partial charge in [0.05, 0.1) is 12.5 Å². The Morgan fingerprint density at radius 2 is 1.96 bits per heavy atom. The second kappa shape index (κ2) is 7.83. The number of aromatic hydroxyl groups is 1. The lowest BCUT2D eigenvalue weighted by Crippen LogP contribution is -2.20. The molecule has 2 aromatic rings. The van der Waals surface area contributed by atoms with E-state index in [1.54, 1.807) is 12.1 Å². The minimum atomic E-state index is -0.335. The summed E-state index contributed by atoms with van der Waals surface area (Å²) in [6, 6.07) is 14.7. The van der Waals surface area contributed by atoms with Crippen LogP contribution >= 0.6 is 0 Å². The van der Waals surface area contributed by atoms with Crippen LogP contribution in [0, 0.1) is 11.3 Å². The number of nitrogens with two attached hydrogens (primary N) is 1. The van der Waals surface area contributed by atoms with Crippen molar-refractivity contribution >= 4 is 0 Å². The maximum Gasteiger partial charge on any atom is 0.205 e. The normalized spacial score (nSPS) is 15.8. The van der Waals surface area contributed by atoms with E-state index in [1.165, 1.54) is 6.07 Å². The molecule has 134 valence electrons. The smallest absolute Gasteiger partial charge is 0.205 e. The molecule has 0 amide bonds. The van der Waals surface area contributed by atoms with Gasteiger partial charge < -0.3 is 20.3 Å². The summed E-state index contributed by atoms with van der Waals surface area (Å²) < 4.78 is 11.3. The van der Waals surface area contributed by atoms with Gasteiger partial charge in [-0.3, -0.25) is 0 Å². The molecule has 5 heteroatoms. The zero-order valence-corrected chi connectivity index (χ0v) is 14.7. The van der Waals surface area contributed by atoms with Crippen molar-refractivity contribution in [2.75, 3.05) is 6.61 Å². The fourth-order valence-electron chi connectivity index (χ4n) is 3.09. The Labute approximate surface area is 153 Å². The van der Waals surface area contributed by atoms with Crippen LogP contribution in [0.3, 0.4) is 0 Å². The van der Waals surface area contributed by atoms with E-state index in [0.717, 1.165) is 36.1 Å². The van der Waals surface area contributed by atoms with Gasteiger partial charge in [0.2, 0.25) is 5.88 Å². The van der Waals surface area contributed by atoms with Crippen molar-refractivity contribution in [2.24, 2.45) is 5.73 Å². The van der Waals surface area contributed by atoms with Crippen LogP contribution in [0.5, 0.6) is 17.2 Å². The van der Waals surface area contributed by atoms with Gasteiger partial charge in [-0.15, -0.1) is 0 Å². The van der Waals surface area contributed by atoms with Gasteiger partial charge in [0, 0.05) is 11.6 Å². The Balaban J connectivity index is 1.88. The van der Waals surface area contributed by atoms with Gasteiger partial charge in [-0.2, -0.15) is 5.26 Å². The summed E-state index contributed by atoms with van der Waals surface area (Å²) in [6.07, 6.45) is 3.35. The third kappa shape index (κ3) is 3.60. The lowest BCUT2D eigenvalue weighted by molar-refractivity contribution is 0.306. The van der Waals surface area contributed by atoms with Gasteiger partial charge in [-0.1, -0.05) is 38.0 Å². The maximum absolute atomic E-state index is 9.69. The van der Waals surface area contributed by atoms with Gasteiger partial charge in [0.25, 0.3) is 0 Å². The van der Waals surface area contributed by atoms with Gasteiger partial charge in [0.1, 0.15) is 28.9 Å². The van der Waals surface area contributed by atoms with Gasteiger partial charge in [-0.25, -0.2) is 0 Å². The number of unbranched alkanes of at least 4 members (excludes halogenated alkanes) is 2. The quantitative estimate of drug-likeness (QED) is 0.763. The van der Waals surface area contributed by atoms with Crippen molar-refractivity contribution in [1.29, 1.82) is 5.26 Å². The lowest BCUT2D eigenvalue weighted by atomic mass is 9.83. The van der Waals surface area contributed by atoms with E-state index in [9.17, 15) is 10.4 Å². The number of nitriles is 1. The molecular weight excluding hydrogens is 328 g/mol. The molecule has 1 aliphatic rings. The summed E-state index contributed by atoms with van der Waals surface area (Å²) in [6.45, 7) is 2.86. The third-order valence-corrected chi connectivity index (χ3v) is 4.43. The van der Waals surface area contributed by atoms with Crippen LogP contribution in [0.4, 0.5) is 0 Å². The number of phenols is 1. The van der Waals surface area contributed by atoms with E-state index in [-0.39, 0.29) is 17.6 Å². The topological polar surface area (TPSA) is 88.5 Å². The number of phenolic OH excluding ortho intramolecular Hbond substituents is 1. The highest BCUT2D eigenvalue weighted by Crippen LogP contribution is 2.43. The van der Waals surface area contributed by atoms with Crippen LogP contribution in [0.2, 0.25) is 0 Å². The summed E-state index contributed by atoms with van der Waals surface area (Å²) in [5.74, 6) is 1.09. The van der Waals surface area contributed by atoms with Crippen molar-refractivity contribution < 1.29 is 14.6 Å². The average molecular weight is 350 g/mol. The molecule has 0 saturated carbocycles. The third-order valence-electron chi connectivity index (χ3n) is 4.43. The number of fused-ring (bicyclic) bond motifs is 1. The first-order valence-corrected chi connectivity index (χ1v) is 8.77. The second-order valence-electron chi connectivity index (χ2n) is 6.27. The van der Waals surface area contributed by atoms with Crippen molar-refractivity contribution in [2.45, 2.75) is 32.1 Å². The average Bonchev–Trinajstić information content (AvgIpc) is 2.64. The highest BCUT2D eigenvalue weighted by atomic mass is 16.5. The molecule has 3 N–H and O–H groups in total. The molecular formula is C21H22N2O3. The Kier molecular flexibility index (Phi) is 5.33. The van der Waals surface area contributed by atoms with Crippen LogP contribution in [0.25, 0.3) is 0 Å². The van der Waals surface area contributed by atoms with Crippen LogP contribution in [0.1, 0.15) is 43.2 Å². The molecule has 2 aromatic carbocycles. The summed E-state index contributed by atoms with van der Waals surface area (Å²) in [4.78, 5) is 0. The zero-order valence-electron chi connectivity index (χ0n) is 14.7. The number of benzene rings is 2. The Morgan fingerprint density at radius 1 is 1.19 bits per heavy atom. The SMILES string of the molecule is CCCCCOc1ccc(C2C(C#N)=C(N)Oc3cc(O)ccc32)cc1. The molecule has 1 aliphatic heterocycles. The van der Waals surface area contributed by atoms with Crippen molar-refractivity contribution in [3.05, 3.63) is 65.0 Å². The first-order chi connectivity index (χ1) is 12.6. The van der Waals surface area contributed by atoms with E-state index >= 15 is 0 Å². The van der Waals surface area contributed by atoms with Crippen LogP contribution in [-0.4, -0.2) is 11.7 Å². The fourth-order valence-corrected chi connectivity index (χ4v) is 3.09. The zero-order chi connectivity index (χ0) is 18.5. The predicted octanol–water partition coefficient (Wildman–Crippen LogP) is 4.18. The summed E-state index contributed by atoms with van der Waals surface area (Å²) in [7, 11) is 0. The molecule has 3 rings (SSSR count). The first kappa shape index (κ1) is 17.7.